The minimum absolute atomic E-state index is 0.0670. The summed E-state index contributed by atoms with van der Waals surface area (Å²) in [4.78, 5) is 4.60. The van der Waals surface area contributed by atoms with Gasteiger partial charge in [-0.2, -0.15) is 0 Å². The minimum atomic E-state index is -0.242. The molecular formula is C15H13ClFIN2O. The van der Waals surface area contributed by atoms with E-state index in [1.165, 1.54) is 6.07 Å². The Kier molecular flexibility index (Phi) is 4.21. The van der Waals surface area contributed by atoms with Gasteiger partial charge in [-0.05, 0) is 47.7 Å². The molecule has 1 unspecified atom stereocenters. The van der Waals surface area contributed by atoms with Crippen molar-refractivity contribution in [3.8, 4) is 0 Å². The molecule has 0 spiro atoms. The van der Waals surface area contributed by atoms with E-state index in [4.69, 9.17) is 16.0 Å². The van der Waals surface area contributed by atoms with E-state index in [0.717, 1.165) is 22.6 Å². The molecule has 1 aromatic carbocycles. The first kappa shape index (κ1) is 14.8. The van der Waals surface area contributed by atoms with Crippen molar-refractivity contribution in [1.29, 1.82) is 0 Å². The highest BCUT2D eigenvalue weighted by Crippen LogP contribution is 2.28. The van der Waals surface area contributed by atoms with Crippen molar-refractivity contribution in [3.05, 3.63) is 51.5 Å². The summed E-state index contributed by atoms with van der Waals surface area (Å²) in [5, 5.41) is 0. The predicted molar refractivity (Wildman–Crippen MR) is 89.4 cm³/mol. The molecule has 0 fully saturated rings. The van der Waals surface area contributed by atoms with Gasteiger partial charge in [-0.15, -0.1) is 11.6 Å². The number of hydrogen-bond donors (Lipinski definition) is 0. The molecule has 0 aliphatic heterocycles. The molecule has 6 heteroatoms. The Morgan fingerprint density at radius 2 is 2.29 bits per heavy atom. The standard InChI is InChI=1S/C15H13ClFIN2O/c1-9(14-3-2-6-21-14)20-13-7-10(17)11(18)8-12(13)19-15(20)4-5-16/h2-3,6-9H,4-5H2,1H3. The molecule has 0 radical (unpaired) electrons. The number of alkyl halides is 1. The van der Waals surface area contributed by atoms with Crippen molar-refractivity contribution >= 4 is 45.2 Å². The summed E-state index contributed by atoms with van der Waals surface area (Å²) in [7, 11) is 0. The van der Waals surface area contributed by atoms with Crippen LogP contribution in [0, 0.1) is 9.39 Å². The first-order valence-corrected chi connectivity index (χ1v) is 8.18. The van der Waals surface area contributed by atoms with Crippen LogP contribution >= 0.6 is 34.2 Å². The van der Waals surface area contributed by atoms with Crippen molar-refractivity contribution in [2.24, 2.45) is 0 Å². The van der Waals surface area contributed by atoms with Crippen molar-refractivity contribution in [3.63, 3.8) is 0 Å². The third-order valence-electron chi connectivity index (χ3n) is 3.46. The van der Waals surface area contributed by atoms with Gasteiger partial charge in [0.1, 0.15) is 17.4 Å². The van der Waals surface area contributed by atoms with Gasteiger partial charge in [0, 0.05) is 18.4 Å². The van der Waals surface area contributed by atoms with Gasteiger partial charge < -0.3 is 8.98 Å². The lowest BCUT2D eigenvalue weighted by atomic mass is 10.2. The quantitative estimate of drug-likeness (QED) is 0.452. The number of nitrogens with zero attached hydrogens (tertiary/aromatic N) is 2. The van der Waals surface area contributed by atoms with Gasteiger partial charge in [-0.25, -0.2) is 9.37 Å². The van der Waals surface area contributed by atoms with E-state index in [1.807, 2.05) is 46.2 Å². The lowest BCUT2D eigenvalue weighted by Crippen LogP contribution is -2.10. The third kappa shape index (κ3) is 2.68. The Balaban J connectivity index is 2.22. The maximum absolute atomic E-state index is 13.9. The van der Waals surface area contributed by atoms with Gasteiger partial charge in [0.25, 0.3) is 0 Å². The van der Waals surface area contributed by atoms with E-state index in [0.29, 0.717) is 15.9 Å². The average molecular weight is 419 g/mol. The SMILES string of the molecule is CC(c1ccco1)n1c(CCCl)nc2cc(I)c(F)cc21. The highest BCUT2D eigenvalue weighted by atomic mass is 127. The summed E-state index contributed by atoms with van der Waals surface area (Å²) < 4.78 is 22.0. The van der Waals surface area contributed by atoms with Gasteiger partial charge in [-0.1, -0.05) is 0 Å². The molecule has 3 nitrogen and oxygen atoms in total. The van der Waals surface area contributed by atoms with Crippen molar-refractivity contribution in [1.82, 2.24) is 9.55 Å². The van der Waals surface area contributed by atoms with E-state index < -0.39 is 0 Å². The molecule has 2 aromatic heterocycles. The van der Waals surface area contributed by atoms with E-state index in [2.05, 4.69) is 4.98 Å². The number of hydrogen-bond acceptors (Lipinski definition) is 2. The minimum Gasteiger partial charge on any atom is -0.467 e. The number of fused-ring (bicyclic) bond motifs is 1. The summed E-state index contributed by atoms with van der Waals surface area (Å²) >= 11 is 7.85. The molecule has 3 aromatic rings. The average Bonchev–Trinajstić information content (AvgIpc) is 3.07. The zero-order valence-corrected chi connectivity index (χ0v) is 14.2. The Labute approximate surface area is 140 Å². The lowest BCUT2D eigenvalue weighted by Gasteiger charge is -2.15. The second kappa shape index (κ2) is 5.96. The number of imidazole rings is 1. The Morgan fingerprint density at radius 3 is 2.95 bits per heavy atom. The topological polar surface area (TPSA) is 31.0 Å². The number of rotatable bonds is 4. The zero-order valence-electron chi connectivity index (χ0n) is 11.3. The molecule has 0 bridgehead atoms. The molecule has 21 heavy (non-hydrogen) atoms. The number of halogens is 3. The van der Waals surface area contributed by atoms with Crippen LogP contribution in [0.4, 0.5) is 4.39 Å². The molecule has 1 atom stereocenters. The van der Waals surface area contributed by atoms with Crippen molar-refractivity contribution < 1.29 is 8.81 Å². The molecule has 3 rings (SSSR count). The highest BCUT2D eigenvalue weighted by molar-refractivity contribution is 14.1. The van der Waals surface area contributed by atoms with Gasteiger partial charge in [0.15, 0.2) is 0 Å². The molecule has 110 valence electrons. The summed E-state index contributed by atoms with van der Waals surface area (Å²) in [6.45, 7) is 2.01. The van der Waals surface area contributed by atoms with Crippen LogP contribution in [-0.4, -0.2) is 15.4 Å². The zero-order chi connectivity index (χ0) is 15.0. The molecule has 0 N–H and O–H groups in total. The van der Waals surface area contributed by atoms with E-state index in [9.17, 15) is 4.39 Å². The fraction of sp³-hybridized carbons (Fsp3) is 0.267. The fourth-order valence-electron chi connectivity index (χ4n) is 2.49. The van der Waals surface area contributed by atoms with Gasteiger partial charge in [0.2, 0.25) is 0 Å². The van der Waals surface area contributed by atoms with E-state index >= 15 is 0 Å². The Morgan fingerprint density at radius 1 is 1.48 bits per heavy atom. The van der Waals surface area contributed by atoms with Crippen LogP contribution in [0.2, 0.25) is 0 Å². The lowest BCUT2D eigenvalue weighted by molar-refractivity contribution is 0.444. The molecular weight excluding hydrogens is 406 g/mol. The van der Waals surface area contributed by atoms with Gasteiger partial charge in [0.05, 0.1) is 26.9 Å². The molecule has 0 saturated heterocycles. The number of aryl methyl sites for hydroxylation is 1. The summed E-state index contributed by atoms with van der Waals surface area (Å²) in [6.07, 6.45) is 2.26. The monoisotopic (exact) mass is 418 g/mol. The molecule has 0 aliphatic rings. The molecule has 0 aliphatic carbocycles. The van der Waals surface area contributed by atoms with E-state index in [1.54, 1.807) is 12.3 Å². The van der Waals surface area contributed by atoms with Crippen LogP contribution in [0.5, 0.6) is 0 Å². The molecule has 2 heterocycles. The van der Waals surface area contributed by atoms with Crippen molar-refractivity contribution in [2.45, 2.75) is 19.4 Å². The summed E-state index contributed by atoms with van der Waals surface area (Å²) in [5.74, 6) is 1.87. The van der Waals surface area contributed by atoms with Crippen LogP contribution in [0.15, 0.2) is 34.9 Å². The van der Waals surface area contributed by atoms with Crippen LogP contribution in [0.25, 0.3) is 11.0 Å². The maximum atomic E-state index is 13.9. The second-order valence-corrected chi connectivity index (χ2v) is 6.32. The summed E-state index contributed by atoms with van der Waals surface area (Å²) in [5.41, 5.74) is 1.54. The predicted octanol–water partition coefficient (Wildman–Crippen LogP) is 4.76. The van der Waals surface area contributed by atoms with Gasteiger partial charge >= 0.3 is 0 Å². The Hall–Kier alpha value is -1.08. The van der Waals surface area contributed by atoms with Crippen LogP contribution in [0.1, 0.15) is 24.6 Å². The number of aromatic nitrogens is 2. The van der Waals surface area contributed by atoms with Gasteiger partial charge in [-0.3, -0.25) is 0 Å². The second-order valence-electron chi connectivity index (χ2n) is 4.78. The summed E-state index contributed by atoms with van der Waals surface area (Å²) in [6, 6.07) is 6.97. The smallest absolute Gasteiger partial charge is 0.138 e. The number of benzene rings is 1. The first-order valence-electron chi connectivity index (χ1n) is 6.57. The normalized spacial score (nSPS) is 13.0. The van der Waals surface area contributed by atoms with Crippen molar-refractivity contribution in [2.75, 3.05) is 5.88 Å². The first-order chi connectivity index (χ1) is 10.1. The molecule has 0 saturated carbocycles. The van der Waals surface area contributed by atoms with Crippen LogP contribution < -0.4 is 0 Å². The number of furan rings is 1. The van der Waals surface area contributed by atoms with E-state index in [-0.39, 0.29) is 11.9 Å². The maximum Gasteiger partial charge on any atom is 0.138 e. The third-order valence-corrected chi connectivity index (χ3v) is 4.48. The highest BCUT2D eigenvalue weighted by Gasteiger charge is 2.20. The molecule has 0 amide bonds. The van der Waals surface area contributed by atoms with Crippen LogP contribution in [0.3, 0.4) is 0 Å². The fourth-order valence-corrected chi connectivity index (χ4v) is 3.11. The Bertz CT molecular complexity index is 770. The largest absolute Gasteiger partial charge is 0.467 e. The van der Waals surface area contributed by atoms with Crippen LogP contribution in [-0.2, 0) is 6.42 Å².